The molecule has 1 heterocycles. The van der Waals surface area contributed by atoms with Crippen LogP contribution in [0.25, 0.3) is 0 Å². The van der Waals surface area contributed by atoms with E-state index in [1.54, 1.807) is 11.9 Å². The summed E-state index contributed by atoms with van der Waals surface area (Å²) in [6.07, 6.45) is -0.756. The van der Waals surface area contributed by atoms with E-state index in [1.807, 2.05) is 0 Å². The predicted octanol–water partition coefficient (Wildman–Crippen LogP) is -1.33. The molecule has 0 radical (unpaired) electrons. The summed E-state index contributed by atoms with van der Waals surface area (Å²) in [4.78, 5) is 16.0. The number of carbonyl (C=O) groups is 1. The van der Waals surface area contributed by atoms with Crippen LogP contribution in [0.5, 0.6) is 0 Å². The molecule has 0 amide bonds. The van der Waals surface area contributed by atoms with Gasteiger partial charge < -0.3 is 20.4 Å². The summed E-state index contributed by atoms with van der Waals surface area (Å²) in [6, 6.07) is -0.702. The lowest BCUT2D eigenvalue weighted by Crippen LogP contribution is -2.44. The van der Waals surface area contributed by atoms with Crippen molar-refractivity contribution in [2.24, 2.45) is 4.99 Å². The minimum Gasteiger partial charge on any atom is -0.480 e. The van der Waals surface area contributed by atoms with Crippen molar-refractivity contribution in [2.75, 3.05) is 13.6 Å². The number of aliphatic imine (C=N–C) groups is 1. The number of rotatable bonds is 2. The zero-order valence-electron chi connectivity index (χ0n) is 7.56. The highest BCUT2D eigenvalue weighted by Gasteiger charge is 2.22. The molecule has 0 aromatic rings. The number of aliphatic hydroxyl groups is 1. The molecule has 0 aromatic heterocycles. The molecule has 1 aliphatic rings. The van der Waals surface area contributed by atoms with Crippen LogP contribution >= 0.6 is 0 Å². The fourth-order valence-corrected chi connectivity index (χ4v) is 1.01. The quantitative estimate of drug-likeness (QED) is 0.498. The molecule has 0 spiro atoms. The molecule has 0 saturated carbocycles. The maximum absolute atomic E-state index is 10.5. The summed E-state index contributed by atoms with van der Waals surface area (Å²) in [5.41, 5.74) is 0. The highest BCUT2D eigenvalue weighted by atomic mass is 16.4. The summed E-state index contributed by atoms with van der Waals surface area (Å²) in [5, 5.41) is 20.4. The molecule has 0 aliphatic carbocycles. The first-order valence-electron chi connectivity index (χ1n) is 3.97. The van der Waals surface area contributed by atoms with Crippen molar-refractivity contribution in [3.63, 3.8) is 0 Å². The van der Waals surface area contributed by atoms with Crippen LogP contribution in [0.15, 0.2) is 4.99 Å². The topological polar surface area (TPSA) is 85.2 Å². The van der Waals surface area contributed by atoms with Crippen molar-refractivity contribution in [3.05, 3.63) is 0 Å². The number of likely N-dealkylation sites (N-methyl/N-ethyl adjacent to an activating group) is 1. The van der Waals surface area contributed by atoms with Crippen LogP contribution in [0.1, 0.15) is 6.92 Å². The first-order valence-corrected chi connectivity index (χ1v) is 3.97. The Morgan fingerprint density at radius 3 is 2.85 bits per heavy atom. The number of nitrogens with one attached hydrogen (secondary N) is 1. The predicted molar refractivity (Wildman–Crippen MR) is 46.3 cm³/mol. The first kappa shape index (κ1) is 9.79. The molecule has 74 valence electrons. The van der Waals surface area contributed by atoms with Crippen molar-refractivity contribution in [1.82, 2.24) is 10.2 Å². The van der Waals surface area contributed by atoms with Crippen LogP contribution in [0.3, 0.4) is 0 Å². The second-order valence-electron chi connectivity index (χ2n) is 3.02. The van der Waals surface area contributed by atoms with Crippen LogP contribution in [-0.4, -0.2) is 52.9 Å². The third-order valence-electron chi connectivity index (χ3n) is 1.79. The Morgan fingerprint density at radius 2 is 2.46 bits per heavy atom. The van der Waals surface area contributed by atoms with Gasteiger partial charge in [0, 0.05) is 7.05 Å². The lowest BCUT2D eigenvalue weighted by molar-refractivity contribution is -0.138. The Morgan fingerprint density at radius 1 is 1.85 bits per heavy atom. The van der Waals surface area contributed by atoms with E-state index in [-0.39, 0.29) is 0 Å². The van der Waals surface area contributed by atoms with Crippen molar-refractivity contribution in [2.45, 2.75) is 19.2 Å². The number of nitrogens with zero attached hydrogens (tertiary/aromatic N) is 2. The van der Waals surface area contributed by atoms with E-state index in [0.29, 0.717) is 12.5 Å². The fourth-order valence-electron chi connectivity index (χ4n) is 1.01. The van der Waals surface area contributed by atoms with Crippen LogP contribution in [0.2, 0.25) is 0 Å². The SMILES string of the molecule is CC(NC1=NC(O)CN1C)C(=O)O. The van der Waals surface area contributed by atoms with Crippen molar-refractivity contribution >= 4 is 11.9 Å². The van der Waals surface area contributed by atoms with Crippen molar-refractivity contribution in [3.8, 4) is 0 Å². The summed E-state index contributed by atoms with van der Waals surface area (Å²) in [6.45, 7) is 1.91. The Balaban J connectivity index is 2.54. The number of hydrogen-bond donors (Lipinski definition) is 3. The Bertz CT molecular complexity index is 241. The fraction of sp³-hybridized carbons (Fsp3) is 0.714. The third kappa shape index (κ3) is 2.32. The monoisotopic (exact) mass is 187 g/mol. The minimum absolute atomic E-state index is 0.397. The van der Waals surface area contributed by atoms with E-state index in [4.69, 9.17) is 10.2 Å². The number of β-amino-alcohol motifs (C(OH)–C–C–N with tert-alkyl or cyclic N) is 1. The molecule has 0 aromatic carbocycles. The summed E-state index contributed by atoms with van der Waals surface area (Å²) in [7, 11) is 1.73. The molecule has 6 heteroatoms. The Hall–Kier alpha value is -1.30. The maximum Gasteiger partial charge on any atom is 0.325 e. The van der Waals surface area contributed by atoms with Crippen molar-refractivity contribution < 1.29 is 15.0 Å². The molecule has 2 atom stereocenters. The molecular formula is C7H13N3O3. The van der Waals surface area contributed by atoms with Gasteiger partial charge in [0.05, 0.1) is 6.54 Å². The van der Waals surface area contributed by atoms with E-state index in [1.165, 1.54) is 6.92 Å². The summed E-state index contributed by atoms with van der Waals surface area (Å²) >= 11 is 0. The molecule has 3 N–H and O–H groups in total. The van der Waals surface area contributed by atoms with E-state index in [9.17, 15) is 4.79 Å². The van der Waals surface area contributed by atoms with Crippen LogP contribution in [0.4, 0.5) is 0 Å². The summed E-state index contributed by atoms with van der Waals surface area (Å²) in [5.74, 6) is -0.528. The zero-order chi connectivity index (χ0) is 10.0. The number of aliphatic hydroxyl groups excluding tert-OH is 1. The number of hydrogen-bond acceptors (Lipinski definition) is 5. The van der Waals surface area contributed by atoms with Gasteiger partial charge in [-0.3, -0.25) is 4.79 Å². The molecule has 2 unspecified atom stereocenters. The van der Waals surface area contributed by atoms with Gasteiger partial charge >= 0.3 is 5.97 Å². The van der Waals surface area contributed by atoms with Crippen molar-refractivity contribution in [1.29, 1.82) is 0 Å². The second kappa shape index (κ2) is 3.61. The number of carboxylic acid groups (broad SMARTS) is 1. The van der Waals surface area contributed by atoms with Crippen LogP contribution in [0, 0.1) is 0 Å². The minimum atomic E-state index is -0.947. The van der Waals surface area contributed by atoms with Gasteiger partial charge in [-0.25, -0.2) is 4.99 Å². The van der Waals surface area contributed by atoms with Crippen LogP contribution < -0.4 is 5.32 Å². The lowest BCUT2D eigenvalue weighted by Gasteiger charge is -2.17. The molecule has 1 aliphatic heterocycles. The van der Waals surface area contributed by atoms with E-state index < -0.39 is 18.2 Å². The highest BCUT2D eigenvalue weighted by Crippen LogP contribution is 2.02. The second-order valence-corrected chi connectivity index (χ2v) is 3.02. The van der Waals surface area contributed by atoms with Gasteiger partial charge in [-0.1, -0.05) is 0 Å². The maximum atomic E-state index is 10.5. The van der Waals surface area contributed by atoms with Gasteiger partial charge in [-0.05, 0) is 6.92 Å². The lowest BCUT2D eigenvalue weighted by atomic mass is 10.3. The number of aliphatic carboxylic acids is 1. The molecular weight excluding hydrogens is 174 g/mol. The number of guanidine groups is 1. The van der Waals surface area contributed by atoms with Gasteiger partial charge in [0.2, 0.25) is 0 Å². The number of carboxylic acids is 1. The summed E-state index contributed by atoms with van der Waals surface area (Å²) < 4.78 is 0. The average Bonchev–Trinajstić information content (AvgIpc) is 2.30. The Labute approximate surface area is 75.9 Å². The largest absolute Gasteiger partial charge is 0.480 e. The first-order chi connectivity index (χ1) is 6.00. The van der Waals surface area contributed by atoms with E-state index in [0.717, 1.165) is 0 Å². The molecule has 0 saturated heterocycles. The molecule has 0 fully saturated rings. The molecule has 0 bridgehead atoms. The zero-order valence-corrected chi connectivity index (χ0v) is 7.56. The Kier molecular flexibility index (Phi) is 2.72. The van der Waals surface area contributed by atoms with E-state index in [2.05, 4.69) is 10.3 Å². The van der Waals surface area contributed by atoms with Gasteiger partial charge in [-0.2, -0.15) is 0 Å². The highest BCUT2D eigenvalue weighted by molar-refractivity contribution is 5.86. The van der Waals surface area contributed by atoms with Gasteiger partial charge in [-0.15, -0.1) is 0 Å². The average molecular weight is 187 g/mol. The van der Waals surface area contributed by atoms with Gasteiger partial charge in [0.25, 0.3) is 0 Å². The standard InChI is InChI=1S/C7H13N3O3/c1-4(6(12)13)8-7-9-5(11)3-10(7)2/h4-5,11H,3H2,1-2H3,(H,8,9)(H,12,13). The molecule has 6 nitrogen and oxygen atoms in total. The third-order valence-corrected chi connectivity index (χ3v) is 1.79. The smallest absolute Gasteiger partial charge is 0.325 e. The normalized spacial score (nSPS) is 24.1. The molecule has 1 rings (SSSR count). The van der Waals surface area contributed by atoms with E-state index >= 15 is 0 Å². The molecule has 13 heavy (non-hydrogen) atoms. The van der Waals surface area contributed by atoms with Crippen LogP contribution in [-0.2, 0) is 4.79 Å². The van der Waals surface area contributed by atoms with Gasteiger partial charge in [0.1, 0.15) is 6.04 Å². The van der Waals surface area contributed by atoms with Gasteiger partial charge in [0.15, 0.2) is 12.2 Å².